The van der Waals surface area contributed by atoms with Crippen LogP contribution in [0.5, 0.6) is 5.75 Å². The molecule has 1 amide bonds. The van der Waals surface area contributed by atoms with Gasteiger partial charge in [-0.05, 0) is 29.8 Å². The summed E-state index contributed by atoms with van der Waals surface area (Å²) in [5.41, 5.74) is 1.37. The number of ether oxygens (including phenoxy) is 1. The molecule has 0 saturated carbocycles. The maximum atomic E-state index is 12.0. The number of likely N-dealkylation sites (N-methyl/N-ethyl adjacent to an activating group) is 1. The third kappa shape index (κ3) is 4.68. The number of amides is 1. The zero-order chi connectivity index (χ0) is 19.1. The number of carbonyl (C=O) groups excluding carboxylic acids is 1. The number of non-ortho nitro benzene ring substituents is 1. The molecular formula is C19H17N3O4. The van der Waals surface area contributed by atoms with E-state index in [9.17, 15) is 20.2 Å². The first-order valence-electron chi connectivity index (χ1n) is 7.71. The largest absolute Gasteiger partial charge is 0.488 e. The van der Waals surface area contributed by atoms with Gasteiger partial charge in [0.25, 0.3) is 11.6 Å². The highest BCUT2D eigenvalue weighted by Crippen LogP contribution is 2.23. The van der Waals surface area contributed by atoms with E-state index in [4.69, 9.17) is 4.74 Å². The summed E-state index contributed by atoms with van der Waals surface area (Å²) in [4.78, 5) is 23.5. The second kappa shape index (κ2) is 8.44. The molecule has 7 nitrogen and oxygen atoms in total. The van der Waals surface area contributed by atoms with Crippen LogP contribution in [0.15, 0.2) is 54.1 Å². The minimum atomic E-state index is -0.462. The SMILES string of the molecule is CN(C)C(=O)/C(C#N)=C\c1ccccc1OCc1ccc([N+](=O)[O-])cc1. The van der Waals surface area contributed by atoms with Gasteiger partial charge in [0.1, 0.15) is 24.0 Å². The Kier molecular flexibility index (Phi) is 6.06. The van der Waals surface area contributed by atoms with Gasteiger partial charge in [0.2, 0.25) is 0 Å². The van der Waals surface area contributed by atoms with E-state index in [2.05, 4.69) is 0 Å². The Morgan fingerprint density at radius 2 is 1.88 bits per heavy atom. The Bertz CT molecular complexity index is 880. The molecule has 0 saturated heterocycles. The zero-order valence-corrected chi connectivity index (χ0v) is 14.4. The molecule has 26 heavy (non-hydrogen) atoms. The van der Waals surface area contributed by atoms with Gasteiger partial charge in [-0.2, -0.15) is 5.26 Å². The second-order valence-electron chi connectivity index (χ2n) is 5.62. The summed E-state index contributed by atoms with van der Waals surface area (Å²) >= 11 is 0. The Balaban J connectivity index is 2.20. The molecule has 0 radical (unpaired) electrons. The molecule has 0 bridgehead atoms. The van der Waals surface area contributed by atoms with Crippen molar-refractivity contribution in [2.24, 2.45) is 0 Å². The van der Waals surface area contributed by atoms with E-state index in [1.807, 2.05) is 6.07 Å². The molecule has 0 aliphatic rings. The summed E-state index contributed by atoms with van der Waals surface area (Å²) in [6, 6.07) is 15.0. The average molecular weight is 351 g/mol. The summed E-state index contributed by atoms with van der Waals surface area (Å²) in [5.74, 6) is 0.114. The summed E-state index contributed by atoms with van der Waals surface area (Å²) in [5, 5.41) is 19.9. The Morgan fingerprint density at radius 1 is 1.23 bits per heavy atom. The van der Waals surface area contributed by atoms with Crippen LogP contribution in [0.25, 0.3) is 6.08 Å². The Morgan fingerprint density at radius 3 is 2.46 bits per heavy atom. The number of para-hydroxylation sites is 1. The predicted molar refractivity (Wildman–Crippen MR) is 96.2 cm³/mol. The fraction of sp³-hybridized carbons (Fsp3) is 0.158. The van der Waals surface area contributed by atoms with Crippen LogP contribution in [0, 0.1) is 21.4 Å². The molecule has 0 heterocycles. The number of benzene rings is 2. The van der Waals surface area contributed by atoms with E-state index in [1.54, 1.807) is 50.5 Å². The van der Waals surface area contributed by atoms with E-state index in [1.165, 1.54) is 23.1 Å². The highest BCUT2D eigenvalue weighted by atomic mass is 16.6. The topological polar surface area (TPSA) is 96.5 Å². The Hall–Kier alpha value is -3.66. The standard InChI is InChI=1S/C19H17N3O4/c1-21(2)19(23)16(12-20)11-15-5-3-4-6-18(15)26-13-14-7-9-17(10-8-14)22(24)25/h3-11H,13H2,1-2H3/b16-11-. The van der Waals surface area contributed by atoms with Gasteiger partial charge in [-0.1, -0.05) is 18.2 Å². The molecule has 0 aliphatic heterocycles. The van der Waals surface area contributed by atoms with Crippen molar-refractivity contribution in [3.63, 3.8) is 0 Å². The number of nitro benzene ring substituents is 1. The van der Waals surface area contributed by atoms with Crippen LogP contribution in [0.2, 0.25) is 0 Å². The lowest BCUT2D eigenvalue weighted by atomic mass is 10.1. The monoisotopic (exact) mass is 351 g/mol. The van der Waals surface area contributed by atoms with Gasteiger partial charge < -0.3 is 9.64 Å². The molecular weight excluding hydrogens is 334 g/mol. The third-order valence-corrected chi connectivity index (χ3v) is 3.52. The molecule has 0 aliphatic carbocycles. The molecule has 132 valence electrons. The fourth-order valence-corrected chi connectivity index (χ4v) is 2.14. The summed E-state index contributed by atoms with van der Waals surface area (Å²) in [6.07, 6.45) is 1.48. The van der Waals surface area contributed by atoms with Gasteiger partial charge in [-0.15, -0.1) is 0 Å². The van der Waals surface area contributed by atoms with Crippen LogP contribution in [0.1, 0.15) is 11.1 Å². The number of hydrogen-bond donors (Lipinski definition) is 0. The first-order valence-corrected chi connectivity index (χ1v) is 7.71. The highest BCUT2D eigenvalue weighted by Gasteiger charge is 2.12. The quantitative estimate of drug-likeness (QED) is 0.345. The predicted octanol–water partition coefficient (Wildman–Crippen LogP) is 3.17. The minimum absolute atomic E-state index is 0.00128. The smallest absolute Gasteiger partial charge is 0.269 e. The van der Waals surface area contributed by atoms with Gasteiger partial charge in [0, 0.05) is 31.8 Å². The van der Waals surface area contributed by atoms with Crippen molar-refractivity contribution in [1.82, 2.24) is 4.90 Å². The molecule has 0 N–H and O–H groups in total. The van der Waals surface area contributed by atoms with Crippen molar-refractivity contribution < 1.29 is 14.5 Å². The summed E-state index contributed by atoms with van der Waals surface area (Å²) in [7, 11) is 3.15. The third-order valence-electron chi connectivity index (χ3n) is 3.52. The number of rotatable bonds is 6. The van der Waals surface area contributed by atoms with E-state index in [-0.39, 0.29) is 17.9 Å². The number of hydrogen-bond acceptors (Lipinski definition) is 5. The van der Waals surface area contributed by atoms with Crippen molar-refractivity contribution in [1.29, 1.82) is 5.26 Å². The van der Waals surface area contributed by atoms with Crippen LogP contribution >= 0.6 is 0 Å². The molecule has 0 aromatic heterocycles. The van der Waals surface area contributed by atoms with Crippen molar-refractivity contribution in [2.45, 2.75) is 6.61 Å². The fourth-order valence-electron chi connectivity index (χ4n) is 2.14. The van der Waals surface area contributed by atoms with Gasteiger partial charge in [-0.25, -0.2) is 0 Å². The lowest BCUT2D eigenvalue weighted by molar-refractivity contribution is -0.384. The van der Waals surface area contributed by atoms with Crippen LogP contribution in [-0.2, 0) is 11.4 Å². The first-order chi connectivity index (χ1) is 12.4. The van der Waals surface area contributed by atoms with Gasteiger partial charge >= 0.3 is 0 Å². The highest BCUT2D eigenvalue weighted by molar-refractivity contribution is 6.01. The van der Waals surface area contributed by atoms with Gasteiger partial charge in [0.15, 0.2) is 0 Å². The number of nitro groups is 1. The van der Waals surface area contributed by atoms with E-state index < -0.39 is 10.8 Å². The van der Waals surface area contributed by atoms with Crippen molar-refractivity contribution >= 4 is 17.7 Å². The normalized spacial score (nSPS) is 10.7. The lowest BCUT2D eigenvalue weighted by Crippen LogP contribution is -2.22. The molecule has 7 heteroatoms. The van der Waals surface area contributed by atoms with Crippen molar-refractivity contribution in [3.8, 4) is 11.8 Å². The van der Waals surface area contributed by atoms with E-state index >= 15 is 0 Å². The van der Waals surface area contributed by atoms with E-state index in [0.717, 1.165) is 5.56 Å². The lowest BCUT2D eigenvalue weighted by Gasteiger charge is -2.11. The van der Waals surface area contributed by atoms with Crippen molar-refractivity contribution in [3.05, 3.63) is 75.3 Å². The number of carbonyl (C=O) groups is 1. The molecule has 2 aromatic rings. The molecule has 0 fully saturated rings. The van der Waals surface area contributed by atoms with Crippen LogP contribution < -0.4 is 4.74 Å². The zero-order valence-electron chi connectivity index (χ0n) is 14.4. The van der Waals surface area contributed by atoms with Gasteiger partial charge in [0.05, 0.1) is 4.92 Å². The molecule has 0 unspecified atom stereocenters. The number of nitriles is 1. The van der Waals surface area contributed by atoms with Crippen LogP contribution in [0.4, 0.5) is 5.69 Å². The van der Waals surface area contributed by atoms with Crippen molar-refractivity contribution in [2.75, 3.05) is 14.1 Å². The minimum Gasteiger partial charge on any atom is -0.488 e. The second-order valence-corrected chi connectivity index (χ2v) is 5.62. The maximum absolute atomic E-state index is 12.0. The first kappa shape index (κ1) is 18.7. The Labute approximate surface area is 150 Å². The molecule has 2 aromatic carbocycles. The van der Waals surface area contributed by atoms with Crippen LogP contribution in [-0.4, -0.2) is 29.8 Å². The molecule has 0 atom stereocenters. The maximum Gasteiger partial charge on any atom is 0.269 e. The molecule has 0 spiro atoms. The summed E-state index contributed by atoms with van der Waals surface area (Å²) < 4.78 is 5.76. The number of nitrogens with zero attached hydrogens (tertiary/aromatic N) is 3. The summed E-state index contributed by atoms with van der Waals surface area (Å²) in [6.45, 7) is 0.201. The van der Waals surface area contributed by atoms with Crippen LogP contribution in [0.3, 0.4) is 0 Å². The average Bonchev–Trinajstić information content (AvgIpc) is 2.64. The van der Waals surface area contributed by atoms with Gasteiger partial charge in [-0.3, -0.25) is 14.9 Å². The molecule has 2 rings (SSSR count). The van der Waals surface area contributed by atoms with E-state index in [0.29, 0.717) is 11.3 Å².